The van der Waals surface area contributed by atoms with Crippen molar-refractivity contribution in [1.82, 2.24) is 10.6 Å². The van der Waals surface area contributed by atoms with Crippen molar-refractivity contribution in [1.29, 1.82) is 0 Å². The van der Waals surface area contributed by atoms with Gasteiger partial charge in [0.25, 0.3) is 0 Å². The Morgan fingerprint density at radius 2 is 1.88 bits per heavy atom. The number of rotatable bonds is 6. The molecule has 0 aliphatic carbocycles. The maximum Gasteiger partial charge on any atom is 0.225 e. The molecule has 0 fully saturated rings. The summed E-state index contributed by atoms with van der Waals surface area (Å²) in [6.07, 6.45) is 0.470. The van der Waals surface area contributed by atoms with E-state index in [9.17, 15) is 4.79 Å². The predicted octanol–water partition coefficient (Wildman–Crippen LogP) is 4.65. The summed E-state index contributed by atoms with van der Waals surface area (Å²) in [4.78, 5) is 16.8. The Morgan fingerprint density at radius 1 is 1.09 bits per heavy atom. The molecule has 1 heterocycles. The number of anilines is 1. The summed E-state index contributed by atoms with van der Waals surface area (Å²) >= 11 is 0. The van der Waals surface area contributed by atoms with Gasteiger partial charge in [-0.3, -0.25) is 4.79 Å². The molecule has 1 unspecified atom stereocenters. The molecule has 32 heavy (non-hydrogen) atoms. The summed E-state index contributed by atoms with van der Waals surface area (Å²) in [7, 11) is 1.68. The van der Waals surface area contributed by atoms with Gasteiger partial charge in [-0.2, -0.15) is 0 Å². The number of methoxy groups -OCH3 is 1. The van der Waals surface area contributed by atoms with E-state index < -0.39 is 0 Å². The minimum atomic E-state index is 0. The van der Waals surface area contributed by atoms with Crippen LogP contribution in [0.25, 0.3) is 10.8 Å². The molecule has 168 valence electrons. The Labute approximate surface area is 205 Å². The summed E-state index contributed by atoms with van der Waals surface area (Å²) in [5.41, 5.74) is 3.20. The van der Waals surface area contributed by atoms with Crippen LogP contribution in [0.4, 0.5) is 5.69 Å². The average molecular weight is 544 g/mol. The van der Waals surface area contributed by atoms with Crippen LogP contribution in [0, 0.1) is 0 Å². The number of hydrogen-bond acceptors (Lipinski definition) is 3. The van der Waals surface area contributed by atoms with Crippen molar-refractivity contribution < 1.29 is 9.53 Å². The summed E-state index contributed by atoms with van der Waals surface area (Å²) in [5, 5.41) is 12.0. The number of nitrogens with one attached hydrogen (secondary N) is 3. The number of para-hydroxylation sites is 1. The third-order valence-corrected chi connectivity index (χ3v) is 5.50. The van der Waals surface area contributed by atoms with Gasteiger partial charge in [-0.25, -0.2) is 4.99 Å². The zero-order chi connectivity index (χ0) is 21.6. The molecule has 6 nitrogen and oxygen atoms in total. The van der Waals surface area contributed by atoms with Crippen LogP contribution in [0.5, 0.6) is 5.75 Å². The van der Waals surface area contributed by atoms with Crippen LogP contribution >= 0.6 is 24.0 Å². The standard InChI is InChI=1S/C25H28N4O2.HI/c1-3-26-25(28-16-20-14-24(30)29-23-7-5-4-6-22(20)23)27-15-17-8-9-19-13-21(31-2)11-10-18(19)12-17;/h4-13,20H,3,14-16H2,1-2H3,(H,29,30)(H2,26,27,28);1H. The van der Waals surface area contributed by atoms with E-state index in [-0.39, 0.29) is 35.8 Å². The number of carbonyl (C=O) groups excluding carboxylic acids is 1. The molecule has 4 rings (SSSR count). The molecule has 0 aromatic heterocycles. The summed E-state index contributed by atoms with van der Waals surface area (Å²) in [6, 6.07) is 20.4. The molecule has 1 aliphatic rings. The number of ether oxygens (including phenoxy) is 1. The molecule has 7 heteroatoms. The highest BCUT2D eigenvalue weighted by molar-refractivity contribution is 14.0. The van der Waals surface area contributed by atoms with Gasteiger partial charge >= 0.3 is 0 Å². The minimum Gasteiger partial charge on any atom is -0.497 e. The molecule has 0 bridgehead atoms. The average Bonchev–Trinajstić information content (AvgIpc) is 2.80. The normalized spacial score (nSPS) is 15.4. The van der Waals surface area contributed by atoms with E-state index in [1.54, 1.807) is 7.11 Å². The first-order valence-electron chi connectivity index (χ1n) is 10.6. The highest BCUT2D eigenvalue weighted by atomic mass is 127. The molecule has 1 aliphatic heterocycles. The highest BCUT2D eigenvalue weighted by Crippen LogP contribution is 2.31. The lowest BCUT2D eigenvalue weighted by atomic mass is 9.90. The Morgan fingerprint density at radius 3 is 2.69 bits per heavy atom. The van der Waals surface area contributed by atoms with E-state index in [4.69, 9.17) is 9.73 Å². The van der Waals surface area contributed by atoms with Gasteiger partial charge in [-0.15, -0.1) is 24.0 Å². The van der Waals surface area contributed by atoms with Crippen molar-refractivity contribution in [3.05, 3.63) is 71.8 Å². The molecular formula is C25H29IN4O2. The van der Waals surface area contributed by atoms with Crippen molar-refractivity contribution in [3.63, 3.8) is 0 Å². The van der Waals surface area contributed by atoms with Crippen LogP contribution in [0.2, 0.25) is 0 Å². The van der Waals surface area contributed by atoms with Gasteiger partial charge in [0.2, 0.25) is 5.91 Å². The monoisotopic (exact) mass is 544 g/mol. The van der Waals surface area contributed by atoms with Crippen LogP contribution in [0.15, 0.2) is 65.7 Å². The highest BCUT2D eigenvalue weighted by Gasteiger charge is 2.24. The second-order valence-corrected chi connectivity index (χ2v) is 7.66. The lowest BCUT2D eigenvalue weighted by Crippen LogP contribution is -2.40. The van der Waals surface area contributed by atoms with E-state index in [2.05, 4.69) is 46.3 Å². The zero-order valence-electron chi connectivity index (χ0n) is 18.4. The summed E-state index contributed by atoms with van der Waals surface area (Å²) in [6.45, 7) is 4.03. The van der Waals surface area contributed by atoms with E-state index >= 15 is 0 Å². The number of fused-ring (bicyclic) bond motifs is 2. The van der Waals surface area contributed by atoms with Crippen molar-refractivity contribution in [2.45, 2.75) is 25.8 Å². The van der Waals surface area contributed by atoms with E-state index in [1.165, 1.54) is 0 Å². The van der Waals surface area contributed by atoms with Gasteiger partial charge in [0.1, 0.15) is 5.75 Å². The Balaban J connectivity index is 0.00000289. The second kappa shape index (κ2) is 11.2. The van der Waals surface area contributed by atoms with Gasteiger partial charge in [-0.05, 0) is 53.1 Å². The molecule has 0 saturated carbocycles. The largest absolute Gasteiger partial charge is 0.497 e. The topological polar surface area (TPSA) is 74.8 Å². The van der Waals surface area contributed by atoms with Gasteiger partial charge in [0, 0.05) is 31.1 Å². The Hall–Kier alpha value is -2.81. The SMILES string of the molecule is CCNC(=NCc1ccc2cc(OC)ccc2c1)NCC1CC(=O)Nc2ccccc21.I. The van der Waals surface area contributed by atoms with Gasteiger partial charge in [0.15, 0.2) is 5.96 Å². The maximum absolute atomic E-state index is 12.1. The molecule has 3 aromatic rings. The number of guanidine groups is 1. The lowest BCUT2D eigenvalue weighted by Gasteiger charge is -2.26. The van der Waals surface area contributed by atoms with E-state index in [1.807, 2.05) is 37.3 Å². The quantitative estimate of drug-likeness (QED) is 0.240. The smallest absolute Gasteiger partial charge is 0.225 e. The number of nitrogens with zero attached hydrogens (tertiary/aromatic N) is 1. The first-order chi connectivity index (χ1) is 15.2. The predicted molar refractivity (Wildman–Crippen MR) is 141 cm³/mol. The number of carbonyl (C=O) groups is 1. The molecular weight excluding hydrogens is 515 g/mol. The fourth-order valence-electron chi connectivity index (χ4n) is 3.91. The van der Waals surface area contributed by atoms with Crippen LogP contribution in [-0.2, 0) is 11.3 Å². The van der Waals surface area contributed by atoms with Crippen molar-refractivity contribution >= 4 is 52.3 Å². The molecule has 1 atom stereocenters. The van der Waals surface area contributed by atoms with Crippen LogP contribution in [-0.4, -0.2) is 32.1 Å². The number of halogens is 1. The molecule has 1 amide bonds. The molecule has 0 spiro atoms. The van der Waals surface area contributed by atoms with Crippen molar-refractivity contribution in [2.75, 3.05) is 25.5 Å². The zero-order valence-corrected chi connectivity index (χ0v) is 20.7. The minimum absolute atomic E-state index is 0. The number of benzene rings is 3. The number of hydrogen-bond donors (Lipinski definition) is 3. The van der Waals surface area contributed by atoms with Crippen LogP contribution < -0.4 is 20.7 Å². The number of amides is 1. The van der Waals surface area contributed by atoms with Gasteiger partial charge < -0.3 is 20.7 Å². The fourth-order valence-corrected chi connectivity index (χ4v) is 3.91. The second-order valence-electron chi connectivity index (χ2n) is 7.66. The van der Waals surface area contributed by atoms with E-state index in [0.29, 0.717) is 19.5 Å². The lowest BCUT2D eigenvalue weighted by molar-refractivity contribution is -0.116. The Kier molecular flexibility index (Phi) is 8.33. The molecule has 3 aromatic carbocycles. The van der Waals surface area contributed by atoms with Gasteiger partial charge in [0.05, 0.1) is 13.7 Å². The third kappa shape index (κ3) is 5.70. The Bertz CT molecular complexity index is 1120. The first kappa shape index (κ1) is 23.8. The van der Waals surface area contributed by atoms with E-state index in [0.717, 1.165) is 45.8 Å². The summed E-state index contributed by atoms with van der Waals surface area (Å²) in [5.74, 6) is 1.78. The van der Waals surface area contributed by atoms with Gasteiger partial charge in [-0.1, -0.05) is 36.4 Å². The fraction of sp³-hybridized carbons (Fsp3) is 0.280. The summed E-state index contributed by atoms with van der Waals surface area (Å²) < 4.78 is 5.30. The van der Waals surface area contributed by atoms with Crippen molar-refractivity contribution in [2.24, 2.45) is 4.99 Å². The number of aliphatic imine (C=N–C) groups is 1. The van der Waals surface area contributed by atoms with Crippen LogP contribution in [0.3, 0.4) is 0 Å². The molecule has 0 saturated heterocycles. The molecule has 3 N–H and O–H groups in total. The molecule has 0 radical (unpaired) electrons. The first-order valence-corrected chi connectivity index (χ1v) is 10.6. The third-order valence-electron chi connectivity index (χ3n) is 5.50. The maximum atomic E-state index is 12.1. The van der Waals surface area contributed by atoms with Crippen molar-refractivity contribution in [3.8, 4) is 5.75 Å². The van der Waals surface area contributed by atoms with Crippen LogP contribution in [0.1, 0.15) is 30.4 Å².